The van der Waals surface area contributed by atoms with E-state index in [4.69, 9.17) is 11.6 Å². The zero-order valence-corrected chi connectivity index (χ0v) is 15.2. The average molecular weight is 368 g/mol. The molecule has 1 aromatic heterocycles. The van der Waals surface area contributed by atoms with Gasteiger partial charge >= 0.3 is 0 Å². The van der Waals surface area contributed by atoms with Crippen molar-refractivity contribution in [1.82, 2.24) is 9.99 Å². The number of phenols is 1. The van der Waals surface area contributed by atoms with E-state index in [9.17, 15) is 9.90 Å². The number of amides is 1. The van der Waals surface area contributed by atoms with Gasteiger partial charge in [0, 0.05) is 17.0 Å². The van der Waals surface area contributed by atoms with E-state index in [1.54, 1.807) is 18.3 Å². The number of aryl methyl sites for hydroxylation is 1. The number of phenolic OH excluding ortho intramolecular Hbond substituents is 1. The fraction of sp³-hybridized carbons (Fsp3) is 0.100. The second-order valence-corrected chi connectivity index (χ2v) is 6.24. The Morgan fingerprint density at radius 1 is 1.15 bits per heavy atom. The summed E-state index contributed by atoms with van der Waals surface area (Å²) in [6.07, 6.45) is 1.58. The zero-order chi connectivity index (χ0) is 18.7. The molecule has 6 heteroatoms. The van der Waals surface area contributed by atoms with Gasteiger partial charge in [0.2, 0.25) is 0 Å². The van der Waals surface area contributed by atoms with Gasteiger partial charge in [0.05, 0.1) is 22.5 Å². The highest BCUT2D eigenvalue weighted by molar-refractivity contribution is 6.32. The highest BCUT2D eigenvalue weighted by Crippen LogP contribution is 2.25. The normalized spacial score (nSPS) is 11.0. The molecule has 0 radical (unpaired) electrons. The van der Waals surface area contributed by atoms with E-state index < -0.39 is 5.91 Å². The Hall–Kier alpha value is -3.05. The van der Waals surface area contributed by atoms with E-state index in [0.717, 1.165) is 22.6 Å². The maximum absolute atomic E-state index is 12.1. The van der Waals surface area contributed by atoms with E-state index >= 15 is 0 Å². The van der Waals surface area contributed by atoms with Crippen molar-refractivity contribution in [3.8, 4) is 11.4 Å². The van der Waals surface area contributed by atoms with Crippen molar-refractivity contribution in [2.75, 3.05) is 0 Å². The molecule has 0 saturated heterocycles. The van der Waals surface area contributed by atoms with Gasteiger partial charge in [-0.05, 0) is 44.2 Å². The fourth-order valence-corrected chi connectivity index (χ4v) is 3.03. The molecule has 3 rings (SSSR count). The molecule has 26 heavy (non-hydrogen) atoms. The van der Waals surface area contributed by atoms with Crippen LogP contribution >= 0.6 is 11.6 Å². The third-order valence-electron chi connectivity index (χ3n) is 4.08. The van der Waals surface area contributed by atoms with Crippen LogP contribution in [-0.2, 0) is 0 Å². The van der Waals surface area contributed by atoms with Crippen molar-refractivity contribution in [3.05, 3.63) is 82.1 Å². The zero-order valence-electron chi connectivity index (χ0n) is 14.4. The maximum atomic E-state index is 12.1. The number of halogens is 1. The van der Waals surface area contributed by atoms with Gasteiger partial charge in [0.1, 0.15) is 5.75 Å². The first-order valence-corrected chi connectivity index (χ1v) is 8.42. The first kappa shape index (κ1) is 17.8. The van der Waals surface area contributed by atoms with Crippen molar-refractivity contribution in [2.24, 2.45) is 5.10 Å². The summed E-state index contributed by atoms with van der Waals surface area (Å²) in [6.45, 7) is 3.94. The number of rotatable bonds is 4. The van der Waals surface area contributed by atoms with Crippen LogP contribution in [0.25, 0.3) is 5.69 Å². The molecule has 0 saturated carbocycles. The van der Waals surface area contributed by atoms with E-state index in [2.05, 4.69) is 10.5 Å². The lowest BCUT2D eigenvalue weighted by atomic mass is 10.2. The molecule has 2 aromatic carbocycles. The van der Waals surface area contributed by atoms with E-state index in [0.29, 0.717) is 5.02 Å². The first-order chi connectivity index (χ1) is 12.5. The van der Waals surface area contributed by atoms with E-state index in [1.807, 2.05) is 48.7 Å². The molecule has 1 heterocycles. The monoisotopic (exact) mass is 367 g/mol. The molecular weight excluding hydrogens is 350 g/mol. The molecule has 0 aliphatic rings. The number of carbonyl (C=O) groups excluding carboxylic acids is 1. The standard InChI is InChI=1S/C20H18ClN3O2/c1-13-11-15(14(2)24(13)18-9-5-4-8-17(18)21)12-22-23-20(26)16-7-3-6-10-19(16)25/h3-12,25H,1-2H3,(H,23,26). The van der Waals surface area contributed by atoms with E-state index in [-0.39, 0.29) is 11.3 Å². The second kappa shape index (κ2) is 7.45. The summed E-state index contributed by atoms with van der Waals surface area (Å²) in [5, 5.41) is 14.4. The van der Waals surface area contributed by atoms with Gasteiger partial charge in [-0.25, -0.2) is 5.43 Å². The van der Waals surface area contributed by atoms with Crippen LogP contribution in [0.5, 0.6) is 5.75 Å². The highest BCUT2D eigenvalue weighted by atomic mass is 35.5. The van der Waals surface area contributed by atoms with Gasteiger partial charge in [0.25, 0.3) is 5.91 Å². The molecule has 0 aliphatic carbocycles. The Labute approximate surface area is 156 Å². The van der Waals surface area contributed by atoms with Crippen LogP contribution in [0.4, 0.5) is 0 Å². The summed E-state index contributed by atoms with van der Waals surface area (Å²) >= 11 is 6.31. The van der Waals surface area contributed by atoms with Crippen molar-refractivity contribution in [2.45, 2.75) is 13.8 Å². The van der Waals surface area contributed by atoms with Crippen molar-refractivity contribution < 1.29 is 9.90 Å². The average Bonchev–Trinajstić information content (AvgIpc) is 2.90. The molecule has 0 unspecified atom stereocenters. The molecule has 3 aromatic rings. The summed E-state index contributed by atoms with van der Waals surface area (Å²) < 4.78 is 2.04. The summed E-state index contributed by atoms with van der Waals surface area (Å²) in [4.78, 5) is 12.1. The summed E-state index contributed by atoms with van der Waals surface area (Å²) in [7, 11) is 0. The third-order valence-corrected chi connectivity index (χ3v) is 4.40. The molecule has 2 N–H and O–H groups in total. The third kappa shape index (κ3) is 3.48. The largest absolute Gasteiger partial charge is 0.507 e. The minimum Gasteiger partial charge on any atom is -0.507 e. The lowest BCUT2D eigenvalue weighted by Crippen LogP contribution is -2.17. The molecule has 0 aliphatic heterocycles. The van der Waals surface area contributed by atoms with Gasteiger partial charge in [-0.3, -0.25) is 4.79 Å². The van der Waals surface area contributed by atoms with E-state index in [1.165, 1.54) is 12.1 Å². The van der Waals surface area contributed by atoms with Crippen LogP contribution < -0.4 is 5.43 Å². The van der Waals surface area contributed by atoms with Crippen LogP contribution in [0.15, 0.2) is 59.7 Å². The van der Waals surface area contributed by atoms with Gasteiger partial charge in [-0.2, -0.15) is 5.10 Å². The van der Waals surface area contributed by atoms with Crippen LogP contribution in [0.1, 0.15) is 27.3 Å². The minimum atomic E-state index is -0.473. The Kier molecular flexibility index (Phi) is 5.09. The van der Waals surface area contributed by atoms with Crippen LogP contribution in [0.3, 0.4) is 0 Å². The number of benzene rings is 2. The lowest BCUT2D eigenvalue weighted by Gasteiger charge is -2.11. The number of hydrazone groups is 1. The molecule has 0 bridgehead atoms. The predicted molar refractivity (Wildman–Crippen MR) is 103 cm³/mol. The fourth-order valence-electron chi connectivity index (χ4n) is 2.81. The van der Waals surface area contributed by atoms with Crippen LogP contribution in [-0.4, -0.2) is 21.8 Å². The number of nitrogens with zero attached hydrogens (tertiary/aromatic N) is 2. The SMILES string of the molecule is Cc1cc(C=NNC(=O)c2ccccc2O)c(C)n1-c1ccccc1Cl. The molecule has 0 fully saturated rings. The Balaban J connectivity index is 1.82. The van der Waals surface area contributed by atoms with Crippen molar-refractivity contribution >= 4 is 23.7 Å². The van der Waals surface area contributed by atoms with Crippen LogP contribution in [0, 0.1) is 13.8 Å². The summed E-state index contributed by atoms with van der Waals surface area (Å²) in [5.41, 5.74) is 6.31. The van der Waals surface area contributed by atoms with Crippen LogP contribution in [0.2, 0.25) is 5.02 Å². The predicted octanol–water partition coefficient (Wildman–Crippen LogP) is 4.22. The quantitative estimate of drug-likeness (QED) is 0.535. The van der Waals surface area contributed by atoms with Gasteiger partial charge < -0.3 is 9.67 Å². The lowest BCUT2D eigenvalue weighted by molar-refractivity contribution is 0.0952. The number of hydrogen-bond acceptors (Lipinski definition) is 3. The van der Waals surface area contributed by atoms with Gasteiger partial charge in [-0.15, -0.1) is 0 Å². The number of hydrogen-bond donors (Lipinski definition) is 2. The molecular formula is C20H18ClN3O2. The molecule has 0 atom stereocenters. The summed E-state index contributed by atoms with van der Waals surface area (Å²) in [5.74, 6) is -0.559. The molecule has 1 amide bonds. The molecule has 132 valence electrons. The Bertz CT molecular complexity index is 992. The Morgan fingerprint density at radius 3 is 2.58 bits per heavy atom. The molecule has 0 spiro atoms. The first-order valence-electron chi connectivity index (χ1n) is 8.04. The minimum absolute atomic E-state index is 0.0860. The number of aromatic hydroxyl groups is 1. The Morgan fingerprint density at radius 2 is 1.85 bits per heavy atom. The summed E-state index contributed by atoms with van der Waals surface area (Å²) in [6, 6.07) is 15.9. The van der Waals surface area contributed by atoms with Gasteiger partial charge in [-0.1, -0.05) is 35.9 Å². The number of nitrogens with one attached hydrogen (secondary N) is 1. The maximum Gasteiger partial charge on any atom is 0.275 e. The smallest absolute Gasteiger partial charge is 0.275 e. The highest BCUT2D eigenvalue weighted by Gasteiger charge is 2.12. The second-order valence-electron chi connectivity index (χ2n) is 5.83. The number of para-hydroxylation sites is 2. The van der Waals surface area contributed by atoms with Crippen molar-refractivity contribution in [1.29, 1.82) is 0 Å². The van der Waals surface area contributed by atoms with Gasteiger partial charge in [0.15, 0.2) is 0 Å². The topological polar surface area (TPSA) is 66.6 Å². The molecule has 5 nitrogen and oxygen atoms in total. The number of carbonyl (C=O) groups is 1. The van der Waals surface area contributed by atoms with Crippen molar-refractivity contribution in [3.63, 3.8) is 0 Å². The number of aromatic nitrogens is 1.